The predicted molar refractivity (Wildman–Crippen MR) is 106 cm³/mol. The molecule has 0 radical (unpaired) electrons. The van der Waals surface area contributed by atoms with Crippen LogP contribution in [0.5, 0.6) is 0 Å². The standard InChI is InChI=1S/C20H13N3O8/c24-18(11-1-3-15(4-2-11)23(29)30)22-21-10-16-5-6-17(31-16)12-7-13(19(25)26)9-14(8-12)20(27)28/h1-10H,(H,22,24)(H,25,26)(H,27,28)/b21-10-. The largest absolute Gasteiger partial charge is 0.478 e. The predicted octanol–water partition coefficient (Wildman–Crippen LogP) is 3.02. The van der Waals surface area contributed by atoms with Crippen LogP contribution in [0.3, 0.4) is 0 Å². The molecule has 11 nitrogen and oxygen atoms in total. The van der Waals surface area contributed by atoms with Gasteiger partial charge in [-0.1, -0.05) is 0 Å². The van der Waals surface area contributed by atoms with Crippen molar-refractivity contribution in [2.24, 2.45) is 5.10 Å². The maximum Gasteiger partial charge on any atom is 0.335 e. The zero-order chi connectivity index (χ0) is 22.5. The van der Waals surface area contributed by atoms with Gasteiger partial charge in [0.2, 0.25) is 0 Å². The van der Waals surface area contributed by atoms with E-state index in [1.165, 1.54) is 54.7 Å². The molecule has 0 fully saturated rings. The van der Waals surface area contributed by atoms with Gasteiger partial charge in [-0.05, 0) is 42.5 Å². The number of hydrazone groups is 1. The number of benzene rings is 2. The number of non-ortho nitro benzene ring substituents is 1. The molecule has 0 saturated heterocycles. The summed E-state index contributed by atoms with van der Waals surface area (Å²) < 4.78 is 5.51. The monoisotopic (exact) mass is 423 g/mol. The fourth-order valence-electron chi connectivity index (χ4n) is 2.55. The number of nitrogens with zero attached hydrogens (tertiary/aromatic N) is 2. The summed E-state index contributed by atoms with van der Waals surface area (Å²) >= 11 is 0. The molecule has 1 amide bonds. The Morgan fingerprint density at radius 1 is 0.935 bits per heavy atom. The molecule has 2 aromatic carbocycles. The number of hydrogen-bond acceptors (Lipinski definition) is 7. The lowest BCUT2D eigenvalue weighted by molar-refractivity contribution is -0.384. The summed E-state index contributed by atoms with van der Waals surface area (Å²) in [5.74, 6) is -2.76. The van der Waals surface area contributed by atoms with E-state index in [4.69, 9.17) is 14.6 Å². The van der Waals surface area contributed by atoms with Crippen LogP contribution in [0.15, 0.2) is 64.1 Å². The molecular weight excluding hydrogens is 410 g/mol. The Kier molecular flexibility index (Phi) is 5.87. The van der Waals surface area contributed by atoms with Crippen molar-refractivity contribution in [1.82, 2.24) is 5.43 Å². The van der Waals surface area contributed by atoms with E-state index in [1.54, 1.807) is 0 Å². The van der Waals surface area contributed by atoms with Crippen molar-refractivity contribution >= 4 is 29.7 Å². The summed E-state index contributed by atoms with van der Waals surface area (Å²) in [7, 11) is 0. The number of aromatic carboxylic acids is 2. The summed E-state index contributed by atoms with van der Waals surface area (Å²) in [6, 6.07) is 11.5. The van der Waals surface area contributed by atoms with Crippen LogP contribution in [0.1, 0.15) is 36.8 Å². The van der Waals surface area contributed by atoms with Crippen molar-refractivity contribution in [3.05, 3.63) is 87.2 Å². The normalized spacial score (nSPS) is 10.7. The number of nitro groups is 1. The van der Waals surface area contributed by atoms with E-state index in [0.717, 1.165) is 6.07 Å². The van der Waals surface area contributed by atoms with Gasteiger partial charge in [0.1, 0.15) is 11.5 Å². The quantitative estimate of drug-likeness (QED) is 0.295. The first kappa shape index (κ1) is 20.9. The Hall–Kier alpha value is -4.80. The number of hydrogen-bond donors (Lipinski definition) is 3. The number of carboxylic acid groups (broad SMARTS) is 2. The van der Waals surface area contributed by atoms with Gasteiger partial charge in [0.25, 0.3) is 11.6 Å². The molecule has 0 aliphatic heterocycles. The number of amides is 1. The minimum atomic E-state index is -1.29. The van der Waals surface area contributed by atoms with Gasteiger partial charge in [0, 0.05) is 23.3 Å². The molecule has 156 valence electrons. The van der Waals surface area contributed by atoms with Gasteiger partial charge >= 0.3 is 11.9 Å². The van der Waals surface area contributed by atoms with Crippen molar-refractivity contribution in [2.45, 2.75) is 0 Å². The Labute approximate surface area is 173 Å². The third-order valence-corrected chi connectivity index (χ3v) is 4.04. The second-order valence-electron chi connectivity index (χ2n) is 6.11. The Morgan fingerprint density at radius 2 is 1.55 bits per heavy atom. The van der Waals surface area contributed by atoms with E-state index in [2.05, 4.69) is 10.5 Å². The SMILES string of the molecule is O=C(O)c1cc(C(=O)O)cc(-c2ccc(/C=N\NC(=O)c3ccc([N+](=O)[O-])cc3)o2)c1. The lowest BCUT2D eigenvalue weighted by Gasteiger charge is -2.03. The molecule has 0 atom stereocenters. The molecule has 0 saturated carbocycles. The number of nitro benzene ring substituents is 1. The highest BCUT2D eigenvalue weighted by Gasteiger charge is 2.14. The number of furan rings is 1. The maximum atomic E-state index is 12.0. The van der Waals surface area contributed by atoms with Gasteiger partial charge in [-0.2, -0.15) is 5.10 Å². The molecular formula is C20H13N3O8. The van der Waals surface area contributed by atoms with E-state index in [-0.39, 0.29) is 39.5 Å². The van der Waals surface area contributed by atoms with Crippen molar-refractivity contribution in [1.29, 1.82) is 0 Å². The van der Waals surface area contributed by atoms with Gasteiger partial charge in [0.05, 0.1) is 22.3 Å². The van der Waals surface area contributed by atoms with Gasteiger partial charge in [-0.25, -0.2) is 15.0 Å². The van der Waals surface area contributed by atoms with Crippen LogP contribution in [0, 0.1) is 10.1 Å². The number of carbonyl (C=O) groups is 3. The minimum absolute atomic E-state index is 0.152. The highest BCUT2D eigenvalue weighted by Crippen LogP contribution is 2.24. The molecule has 11 heteroatoms. The maximum absolute atomic E-state index is 12.0. The summed E-state index contributed by atoms with van der Waals surface area (Å²) in [6.45, 7) is 0. The first-order chi connectivity index (χ1) is 14.7. The number of nitrogens with one attached hydrogen (secondary N) is 1. The summed E-state index contributed by atoms with van der Waals surface area (Å²) in [4.78, 5) is 44.5. The van der Waals surface area contributed by atoms with E-state index in [0.29, 0.717) is 0 Å². The molecule has 0 unspecified atom stereocenters. The third-order valence-electron chi connectivity index (χ3n) is 4.04. The highest BCUT2D eigenvalue weighted by molar-refractivity contribution is 5.96. The molecule has 1 aromatic heterocycles. The topological polar surface area (TPSA) is 172 Å². The van der Waals surface area contributed by atoms with Gasteiger partial charge < -0.3 is 14.6 Å². The summed E-state index contributed by atoms with van der Waals surface area (Å²) in [5.41, 5.74) is 2.07. The minimum Gasteiger partial charge on any atom is -0.478 e. The molecule has 0 aliphatic carbocycles. The van der Waals surface area contributed by atoms with Crippen LogP contribution < -0.4 is 5.43 Å². The van der Waals surface area contributed by atoms with Crippen LogP contribution in [0.25, 0.3) is 11.3 Å². The molecule has 3 rings (SSSR count). The number of carboxylic acids is 2. The number of rotatable bonds is 7. The molecule has 3 aromatic rings. The van der Waals surface area contributed by atoms with Gasteiger partial charge in [-0.15, -0.1) is 0 Å². The van der Waals surface area contributed by atoms with E-state index < -0.39 is 22.8 Å². The smallest absolute Gasteiger partial charge is 0.335 e. The molecule has 31 heavy (non-hydrogen) atoms. The highest BCUT2D eigenvalue weighted by atomic mass is 16.6. The van der Waals surface area contributed by atoms with Crippen molar-refractivity contribution in [2.75, 3.05) is 0 Å². The Balaban J connectivity index is 1.73. The molecule has 3 N–H and O–H groups in total. The van der Waals surface area contributed by atoms with E-state index >= 15 is 0 Å². The average molecular weight is 423 g/mol. The Bertz CT molecular complexity index is 1180. The Morgan fingerprint density at radius 3 is 2.10 bits per heavy atom. The first-order valence-corrected chi connectivity index (χ1v) is 8.54. The van der Waals surface area contributed by atoms with Crippen molar-refractivity contribution in [3.63, 3.8) is 0 Å². The lowest BCUT2D eigenvalue weighted by atomic mass is 10.0. The fraction of sp³-hybridized carbons (Fsp3) is 0. The van der Waals surface area contributed by atoms with Crippen molar-refractivity contribution < 1.29 is 33.9 Å². The van der Waals surface area contributed by atoms with Crippen molar-refractivity contribution in [3.8, 4) is 11.3 Å². The third kappa shape index (κ3) is 4.98. The summed E-state index contributed by atoms with van der Waals surface area (Å²) in [6.07, 6.45) is 1.19. The zero-order valence-electron chi connectivity index (χ0n) is 15.5. The fourth-order valence-corrected chi connectivity index (χ4v) is 2.55. The first-order valence-electron chi connectivity index (χ1n) is 8.54. The average Bonchev–Trinajstić information content (AvgIpc) is 3.22. The zero-order valence-corrected chi connectivity index (χ0v) is 15.5. The van der Waals surface area contributed by atoms with Crippen LogP contribution in [0.4, 0.5) is 5.69 Å². The van der Waals surface area contributed by atoms with Crippen LogP contribution in [-0.2, 0) is 0 Å². The molecule has 0 bridgehead atoms. The van der Waals surface area contributed by atoms with Gasteiger partial charge in [0.15, 0.2) is 0 Å². The van der Waals surface area contributed by atoms with E-state index in [1.807, 2.05) is 0 Å². The second-order valence-corrected chi connectivity index (χ2v) is 6.11. The van der Waals surface area contributed by atoms with Gasteiger partial charge in [-0.3, -0.25) is 14.9 Å². The molecule has 0 spiro atoms. The van der Waals surface area contributed by atoms with Crippen LogP contribution in [0.2, 0.25) is 0 Å². The van der Waals surface area contributed by atoms with Crippen LogP contribution >= 0.6 is 0 Å². The molecule has 0 aliphatic rings. The van der Waals surface area contributed by atoms with E-state index in [9.17, 15) is 24.5 Å². The summed E-state index contributed by atoms with van der Waals surface area (Å²) in [5, 5.41) is 32.7. The number of carbonyl (C=O) groups excluding carboxylic acids is 1. The molecule has 1 heterocycles. The lowest BCUT2D eigenvalue weighted by Crippen LogP contribution is -2.17. The van der Waals surface area contributed by atoms with Crippen LogP contribution in [-0.4, -0.2) is 39.2 Å². The second kappa shape index (κ2) is 8.69.